The van der Waals surface area contributed by atoms with Crippen molar-refractivity contribution in [2.24, 2.45) is 0 Å². The SMILES string of the molecule is Cc1ccc(N(CC(=O)NCc2ccc3c(c2)OCO3)S(=O)(=O)c2cccs2)cc1. The maximum Gasteiger partial charge on any atom is 0.274 e. The Morgan fingerprint density at radius 3 is 2.60 bits per heavy atom. The number of anilines is 1. The zero-order valence-electron chi connectivity index (χ0n) is 16.2. The van der Waals surface area contributed by atoms with Gasteiger partial charge in [0, 0.05) is 6.54 Å². The van der Waals surface area contributed by atoms with Gasteiger partial charge in [-0.15, -0.1) is 11.3 Å². The van der Waals surface area contributed by atoms with Gasteiger partial charge in [0.15, 0.2) is 11.5 Å². The zero-order chi connectivity index (χ0) is 21.1. The van der Waals surface area contributed by atoms with Crippen LogP contribution in [0.2, 0.25) is 0 Å². The molecule has 0 saturated heterocycles. The summed E-state index contributed by atoms with van der Waals surface area (Å²) in [6, 6.07) is 15.6. The van der Waals surface area contributed by atoms with Gasteiger partial charge in [-0.25, -0.2) is 8.42 Å². The van der Waals surface area contributed by atoms with Crippen LogP contribution in [0.25, 0.3) is 0 Å². The Hall–Kier alpha value is -3.04. The van der Waals surface area contributed by atoms with E-state index < -0.39 is 15.9 Å². The molecular weight excluding hydrogens is 424 g/mol. The molecule has 1 amide bonds. The van der Waals surface area contributed by atoms with E-state index in [1.54, 1.807) is 35.7 Å². The first-order valence-corrected chi connectivity index (χ1v) is 11.5. The van der Waals surface area contributed by atoms with Crippen LogP contribution in [0.3, 0.4) is 0 Å². The summed E-state index contributed by atoms with van der Waals surface area (Å²) in [5, 5.41) is 4.48. The maximum absolute atomic E-state index is 13.1. The van der Waals surface area contributed by atoms with Crippen molar-refractivity contribution in [1.29, 1.82) is 0 Å². The van der Waals surface area contributed by atoms with Crippen molar-refractivity contribution in [2.45, 2.75) is 17.7 Å². The number of amides is 1. The van der Waals surface area contributed by atoms with E-state index in [0.29, 0.717) is 17.2 Å². The van der Waals surface area contributed by atoms with E-state index in [9.17, 15) is 13.2 Å². The molecular formula is C21H20N2O5S2. The highest BCUT2D eigenvalue weighted by atomic mass is 32.2. The Kier molecular flexibility index (Phi) is 5.65. The van der Waals surface area contributed by atoms with Crippen molar-refractivity contribution >= 4 is 33.0 Å². The summed E-state index contributed by atoms with van der Waals surface area (Å²) in [6.45, 7) is 2.02. The molecule has 0 aliphatic carbocycles. The Bertz CT molecular complexity index is 1140. The fraction of sp³-hybridized carbons (Fsp3) is 0.190. The number of rotatable bonds is 7. The zero-order valence-corrected chi connectivity index (χ0v) is 17.8. The average Bonchev–Trinajstić information content (AvgIpc) is 3.43. The molecule has 2 aromatic carbocycles. The van der Waals surface area contributed by atoms with Crippen LogP contribution in [0.1, 0.15) is 11.1 Å². The number of ether oxygens (including phenoxy) is 2. The summed E-state index contributed by atoms with van der Waals surface area (Å²) in [5.41, 5.74) is 2.27. The number of hydrogen-bond acceptors (Lipinski definition) is 6. The summed E-state index contributed by atoms with van der Waals surface area (Å²) < 4.78 is 38.2. The predicted octanol–water partition coefficient (Wildman–Crippen LogP) is 3.30. The molecule has 1 aliphatic rings. The number of thiophene rings is 1. The second-order valence-electron chi connectivity index (χ2n) is 6.74. The van der Waals surface area contributed by atoms with Gasteiger partial charge in [-0.1, -0.05) is 29.8 Å². The maximum atomic E-state index is 13.1. The average molecular weight is 445 g/mol. The largest absolute Gasteiger partial charge is 0.454 e. The smallest absolute Gasteiger partial charge is 0.274 e. The Labute approximate surface area is 178 Å². The van der Waals surface area contributed by atoms with Crippen LogP contribution in [0.4, 0.5) is 5.69 Å². The second kappa shape index (κ2) is 8.37. The Balaban J connectivity index is 1.51. The molecule has 156 valence electrons. The van der Waals surface area contributed by atoms with Crippen molar-refractivity contribution in [3.8, 4) is 11.5 Å². The molecule has 0 radical (unpaired) electrons. The minimum Gasteiger partial charge on any atom is -0.454 e. The molecule has 30 heavy (non-hydrogen) atoms. The fourth-order valence-electron chi connectivity index (χ4n) is 2.98. The Morgan fingerprint density at radius 2 is 1.87 bits per heavy atom. The number of sulfonamides is 1. The van der Waals surface area contributed by atoms with Gasteiger partial charge >= 0.3 is 0 Å². The predicted molar refractivity (Wildman–Crippen MR) is 114 cm³/mol. The molecule has 2 heterocycles. The number of aryl methyl sites for hydroxylation is 1. The van der Waals surface area contributed by atoms with Crippen LogP contribution in [0, 0.1) is 6.92 Å². The van der Waals surface area contributed by atoms with Crippen molar-refractivity contribution in [3.05, 3.63) is 71.1 Å². The van der Waals surface area contributed by atoms with Crippen molar-refractivity contribution < 1.29 is 22.7 Å². The molecule has 0 unspecified atom stereocenters. The minimum absolute atomic E-state index is 0.178. The molecule has 0 bridgehead atoms. The van der Waals surface area contributed by atoms with Crippen LogP contribution in [0.15, 0.2) is 64.2 Å². The lowest BCUT2D eigenvalue weighted by Gasteiger charge is -2.23. The molecule has 0 saturated carbocycles. The third-order valence-electron chi connectivity index (χ3n) is 4.58. The molecule has 9 heteroatoms. The van der Waals surface area contributed by atoms with Crippen LogP contribution < -0.4 is 19.1 Å². The number of nitrogens with zero attached hydrogens (tertiary/aromatic N) is 1. The molecule has 4 rings (SSSR count). The fourth-order valence-corrected chi connectivity index (χ4v) is 5.51. The third-order valence-corrected chi connectivity index (χ3v) is 7.72. The van der Waals surface area contributed by atoms with E-state index >= 15 is 0 Å². The third kappa shape index (κ3) is 4.27. The van der Waals surface area contributed by atoms with Crippen molar-refractivity contribution in [2.75, 3.05) is 17.6 Å². The van der Waals surface area contributed by atoms with E-state index in [0.717, 1.165) is 26.8 Å². The molecule has 1 N–H and O–H groups in total. The van der Waals surface area contributed by atoms with Gasteiger partial charge in [0.05, 0.1) is 5.69 Å². The molecule has 3 aromatic rings. The summed E-state index contributed by atoms with van der Waals surface area (Å²) >= 11 is 1.12. The normalized spacial score (nSPS) is 12.6. The molecule has 1 aromatic heterocycles. The van der Waals surface area contributed by atoms with E-state index in [1.165, 1.54) is 6.07 Å². The van der Waals surface area contributed by atoms with Gasteiger partial charge in [-0.3, -0.25) is 9.10 Å². The molecule has 0 fully saturated rings. The standard InChI is InChI=1S/C21H20N2O5S2/c1-15-4-7-17(8-5-15)23(30(25,26)21-3-2-10-29-21)13-20(24)22-12-16-6-9-18-19(11-16)28-14-27-18/h2-11H,12-14H2,1H3,(H,22,24). The van der Waals surface area contributed by atoms with Crippen molar-refractivity contribution in [3.63, 3.8) is 0 Å². The number of carbonyl (C=O) groups excluding carboxylic acids is 1. The van der Waals surface area contributed by atoms with E-state index in [-0.39, 0.29) is 24.1 Å². The minimum atomic E-state index is -3.86. The molecule has 7 nitrogen and oxygen atoms in total. The van der Waals surface area contributed by atoms with Gasteiger partial charge in [0.1, 0.15) is 10.8 Å². The number of nitrogens with one attached hydrogen (secondary N) is 1. The van der Waals surface area contributed by atoms with Crippen molar-refractivity contribution in [1.82, 2.24) is 5.32 Å². The first-order chi connectivity index (χ1) is 14.4. The lowest BCUT2D eigenvalue weighted by Crippen LogP contribution is -2.40. The van der Waals surface area contributed by atoms with Gasteiger partial charge in [-0.05, 0) is 48.2 Å². The number of benzene rings is 2. The van der Waals surface area contributed by atoms with Gasteiger partial charge in [-0.2, -0.15) is 0 Å². The molecule has 0 atom stereocenters. The topological polar surface area (TPSA) is 84.9 Å². The van der Waals surface area contributed by atoms with Gasteiger partial charge in [0.25, 0.3) is 10.0 Å². The first-order valence-electron chi connectivity index (χ1n) is 9.21. The molecule has 1 aliphatic heterocycles. The number of carbonyl (C=O) groups is 1. The summed E-state index contributed by atoms with van der Waals surface area (Å²) in [7, 11) is -3.86. The lowest BCUT2D eigenvalue weighted by molar-refractivity contribution is -0.119. The monoisotopic (exact) mass is 444 g/mol. The van der Waals surface area contributed by atoms with Crippen LogP contribution >= 0.6 is 11.3 Å². The summed E-state index contributed by atoms with van der Waals surface area (Å²) in [6.07, 6.45) is 0. The van der Waals surface area contributed by atoms with E-state index in [4.69, 9.17) is 9.47 Å². The number of hydrogen-bond donors (Lipinski definition) is 1. The highest BCUT2D eigenvalue weighted by Crippen LogP contribution is 2.32. The van der Waals surface area contributed by atoms with E-state index in [2.05, 4.69) is 5.32 Å². The summed E-state index contributed by atoms with van der Waals surface area (Å²) in [5.74, 6) is 0.884. The first kappa shape index (κ1) is 20.2. The van der Waals surface area contributed by atoms with Crippen LogP contribution in [-0.2, 0) is 21.4 Å². The van der Waals surface area contributed by atoms with Crippen LogP contribution in [-0.4, -0.2) is 27.7 Å². The Morgan fingerprint density at radius 1 is 1.10 bits per heavy atom. The highest BCUT2D eigenvalue weighted by molar-refractivity contribution is 7.94. The van der Waals surface area contributed by atoms with Gasteiger partial charge < -0.3 is 14.8 Å². The second-order valence-corrected chi connectivity index (χ2v) is 9.78. The van der Waals surface area contributed by atoms with Gasteiger partial charge in [0.2, 0.25) is 12.7 Å². The lowest BCUT2D eigenvalue weighted by atomic mass is 10.2. The molecule has 0 spiro atoms. The quantitative estimate of drug-likeness (QED) is 0.604. The summed E-state index contributed by atoms with van der Waals surface area (Å²) in [4.78, 5) is 12.6. The van der Waals surface area contributed by atoms with Crippen LogP contribution in [0.5, 0.6) is 11.5 Å². The van der Waals surface area contributed by atoms with E-state index in [1.807, 2.05) is 25.1 Å². The highest BCUT2D eigenvalue weighted by Gasteiger charge is 2.28. The number of fused-ring (bicyclic) bond motifs is 1.